The molecular weight excluding hydrogens is 174 g/mol. The molecule has 0 aliphatic heterocycles. The minimum absolute atomic E-state index is 0.116. The van der Waals surface area contributed by atoms with Crippen molar-refractivity contribution < 1.29 is 8.78 Å². The van der Waals surface area contributed by atoms with Gasteiger partial charge in [0, 0.05) is 6.20 Å². The summed E-state index contributed by atoms with van der Waals surface area (Å²) < 4.78 is 26.3. The molecule has 74 valence electrons. The van der Waals surface area contributed by atoms with Crippen LogP contribution in [-0.4, -0.2) is 9.78 Å². The van der Waals surface area contributed by atoms with E-state index in [4.69, 9.17) is 0 Å². The second kappa shape index (κ2) is 3.09. The van der Waals surface area contributed by atoms with Gasteiger partial charge in [-0.1, -0.05) is 0 Å². The van der Waals surface area contributed by atoms with E-state index in [0.29, 0.717) is 5.56 Å². The number of halogens is 2. The molecular formula is C9H14F2N2. The average Bonchev–Trinajstić information content (AvgIpc) is 2.29. The van der Waals surface area contributed by atoms with Crippen LogP contribution in [0.2, 0.25) is 0 Å². The molecule has 1 heterocycles. The number of aromatic nitrogens is 2. The molecule has 0 spiro atoms. The van der Waals surface area contributed by atoms with Crippen LogP contribution in [0.25, 0.3) is 0 Å². The smallest absolute Gasteiger partial charge is 0.267 e. The first kappa shape index (κ1) is 10.2. The SMILES string of the molecule is Cc1cn(C(C)(C)C)nc1C(F)F. The van der Waals surface area contributed by atoms with Crippen LogP contribution in [0, 0.1) is 6.92 Å². The molecule has 0 fully saturated rings. The molecule has 0 unspecified atom stereocenters. The molecule has 1 aromatic heterocycles. The molecule has 1 rings (SSSR count). The van der Waals surface area contributed by atoms with Crippen LogP contribution in [0.5, 0.6) is 0 Å². The summed E-state index contributed by atoms with van der Waals surface area (Å²) in [5, 5.41) is 3.85. The Morgan fingerprint density at radius 1 is 1.38 bits per heavy atom. The van der Waals surface area contributed by atoms with E-state index < -0.39 is 6.43 Å². The van der Waals surface area contributed by atoms with E-state index in [2.05, 4.69) is 5.10 Å². The molecule has 0 aliphatic rings. The fourth-order valence-electron chi connectivity index (χ4n) is 1.03. The number of alkyl halides is 2. The summed E-state index contributed by atoms with van der Waals surface area (Å²) in [4.78, 5) is 0. The highest BCUT2D eigenvalue weighted by Crippen LogP contribution is 2.23. The van der Waals surface area contributed by atoms with Crippen molar-refractivity contribution in [2.45, 2.75) is 39.7 Å². The molecule has 0 radical (unpaired) electrons. The van der Waals surface area contributed by atoms with E-state index in [-0.39, 0.29) is 11.2 Å². The van der Waals surface area contributed by atoms with Crippen molar-refractivity contribution in [2.24, 2.45) is 0 Å². The molecule has 0 amide bonds. The maximum absolute atomic E-state index is 12.4. The Labute approximate surface area is 76.6 Å². The molecule has 0 aliphatic carbocycles. The van der Waals surface area contributed by atoms with Gasteiger partial charge >= 0.3 is 0 Å². The predicted molar refractivity (Wildman–Crippen MR) is 46.9 cm³/mol. The summed E-state index contributed by atoms with van der Waals surface area (Å²) >= 11 is 0. The normalized spacial score (nSPS) is 12.5. The topological polar surface area (TPSA) is 17.8 Å². The second-order valence-corrected chi connectivity index (χ2v) is 4.11. The minimum atomic E-state index is -2.48. The van der Waals surface area contributed by atoms with Gasteiger partial charge in [-0.3, -0.25) is 4.68 Å². The highest BCUT2D eigenvalue weighted by molar-refractivity contribution is 5.16. The van der Waals surface area contributed by atoms with Gasteiger partial charge in [0.15, 0.2) is 0 Å². The van der Waals surface area contributed by atoms with Crippen LogP contribution in [0.4, 0.5) is 8.78 Å². The van der Waals surface area contributed by atoms with Crippen LogP contribution < -0.4 is 0 Å². The standard InChI is InChI=1S/C9H14F2N2/c1-6-5-13(9(2,3)4)12-7(6)8(10)11/h5,8H,1-4H3. The average molecular weight is 188 g/mol. The Bertz CT molecular complexity index is 297. The van der Waals surface area contributed by atoms with Crippen molar-refractivity contribution in [2.75, 3.05) is 0 Å². The fourth-order valence-corrected chi connectivity index (χ4v) is 1.03. The molecule has 0 N–H and O–H groups in total. The lowest BCUT2D eigenvalue weighted by atomic mass is 10.1. The fraction of sp³-hybridized carbons (Fsp3) is 0.667. The van der Waals surface area contributed by atoms with Crippen LogP contribution in [0.3, 0.4) is 0 Å². The van der Waals surface area contributed by atoms with Crippen molar-refractivity contribution in [3.8, 4) is 0 Å². The predicted octanol–water partition coefficient (Wildman–Crippen LogP) is 2.88. The highest BCUT2D eigenvalue weighted by Gasteiger charge is 2.20. The molecule has 0 aromatic carbocycles. The van der Waals surface area contributed by atoms with Gasteiger partial charge in [-0.25, -0.2) is 8.78 Å². The van der Waals surface area contributed by atoms with Gasteiger partial charge < -0.3 is 0 Å². The molecule has 0 atom stereocenters. The zero-order chi connectivity index (χ0) is 10.2. The first-order valence-corrected chi connectivity index (χ1v) is 4.17. The molecule has 13 heavy (non-hydrogen) atoms. The van der Waals surface area contributed by atoms with Gasteiger partial charge in [0.1, 0.15) is 5.69 Å². The van der Waals surface area contributed by atoms with Gasteiger partial charge in [-0.2, -0.15) is 5.10 Å². The van der Waals surface area contributed by atoms with E-state index in [9.17, 15) is 8.78 Å². The molecule has 2 nitrogen and oxygen atoms in total. The van der Waals surface area contributed by atoms with Crippen molar-refractivity contribution in [3.63, 3.8) is 0 Å². The van der Waals surface area contributed by atoms with E-state index in [0.717, 1.165) is 0 Å². The third-order valence-corrected chi connectivity index (χ3v) is 1.83. The number of hydrogen-bond acceptors (Lipinski definition) is 1. The number of nitrogens with zero attached hydrogens (tertiary/aromatic N) is 2. The number of rotatable bonds is 1. The van der Waals surface area contributed by atoms with Crippen LogP contribution >= 0.6 is 0 Å². The van der Waals surface area contributed by atoms with Crippen LogP contribution in [0.15, 0.2) is 6.20 Å². The summed E-state index contributed by atoms with van der Waals surface area (Å²) in [7, 11) is 0. The van der Waals surface area contributed by atoms with Crippen LogP contribution in [0.1, 0.15) is 38.5 Å². The first-order chi connectivity index (χ1) is 5.82. The lowest BCUT2D eigenvalue weighted by molar-refractivity contribution is 0.143. The van der Waals surface area contributed by atoms with Gasteiger partial charge in [0.05, 0.1) is 5.54 Å². The third-order valence-electron chi connectivity index (χ3n) is 1.83. The third kappa shape index (κ3) is 2.05. The maximum atomic E-state index is 12.4. The zero-order valence-corrected chi connectivity index (χ0v) is 8.31. The number of hydrogen-bond donors (Lipinski definition) is 0. The quantitative estimate of drug-likeness (QED) is 0.662. The molecule has 0 saturated heterocycles. The summed E-state index contributed by atoms with van der Waals surface area (Å²) in [5.41, 5.74) is 0.192. The van der Waals surface area contributed by atoms with Crippen molar-refractivity contribution >= 4 is 0 Å². The molecule has 0 bridgehead atoms. The summed E-state index contributed by atoms with van der Waals surface area (Å²) in [6.07, 6.45) is -0.829. The zero-order valence-electron chi connectivity index (χ0n) is 8.31. The van der Waals surface area contributed by atoms with Gasteiger partial charge in [-0.15, -0.1) is 0 Å². The largest absolute Gasteiger partial charge is 0.282 e. The Kier molecular flexibility index (Phi) is 2.41. The Morgan fingerprint density at radius 2 is 1.92 bits per heavy atom. The van der Waals surface area contributed by atoms with E-state index in [1.54, 1.807) is 17.8 Å². The monoisotopic (exact) mass is 188 g/mol. The van der Waals surface area contributed by atoms with E-state index in [1.165, 1.54) is 0 Å². The van der Waals surface area contributed by atoms with E-state index in [1.807, 2.05) is 20.8 Å². The van der Waals surface area contributed by atoms with Crippen molar-refractivity contribution in [1.82, 2.24) is 9.78 Å². The summed E-state index contributed by atoms with van der Waals surface area (Å²) in [6.45, 7) is 7.43. The lowest BCUT2D eigenvalue weighted by Gasteiger charge is -2.18. The first-order valence-electron chi connectivity index (χ1n) is 4.17. The van der Waals surface area contributed by atoms with Crippen molar-refractivity contribution in [1.29, 1.82) is 0 Å². The lowest BCUT2D eigenvalue weighted by Crippen LogP contribution is -2.22. The minimum Gasteiger partial charge on any atom is -0.267 e. The Morgan fingerprint density at radius 3 is 2.15 bits per heavy atom. The van der Waals surface area contributed by atoms with Crippen molar-refractivity contribution in [3.05, 3.63) is 17.5 Å². The van der Waals surface area contributed by atoms with Crippen LogP contribution in [-0.2, 0) is 5.54 Å². The number of aryl methyl sites for hydroxylation is 1. The van der Waals surface area contributed by atoms with Gasteiger partial charge in [0.2, 0.25) is 0 Å². The molecule has 0 saturated carbocycles. The maximum Gasteiger partial charge on any atom is 0.282 e. The van der Waals surface area contributed by atoms with Gasteiger partial charge in [-0.05, 0) is 33.3 Å². The van der Waals surface area contributed by atoms with E-state index >= 15 is 0 Å². The second-order valence-electron chi connectivity index (χ2n) is 4.11. The van der Waals surface area contributed by atoms with Gasteiger partial charge in [0.25, 0.3) is 6.43 Å². The highest BCUT2D eigenvalue weighted by atomic mass is 19.3. The Hall–Kier alpha value is -0.930. The summed E-state index contributed by atoms with van der Waals surface area (Å²) in [6, 6.07) is 0. The molecule has 4 heteroatoms. The Balaban J connectivity index is 3.10. The molecule has 1 aromatic rings. The summed E-state index contributed by atoms with van der Waals surface area (Å²) in [5.74, 6) is 0.